The molecule has 0 aliphatic heterocycles. The van der Waals surface area contributed by atoms with Crippen molar-refractivity contribution < 1.29 is 8.94 Å². The summed E-state index contributed by atoms with van der Waals surface area (Å²) in [5.74, 6) is 2.01. The van der Waals surface area contributed by atoms with Crippen LogP contribution in [0.1, 0.15) is 38.2 Å². The Morgan fingerprint density at radius 3 is 2.68 bits per heavy atom. The SMILES string of the molecule is CCN(Cc1ccco1)Cc1nc(C(C)(C)N)no1. The molecule has 2 heterocycles. The second-order valence-corrected chi connectivity index (χ2v) is 5.12. The lowest BCUT2D eigenvalue weighted by Gasteiger charge is -2.16. The summed E-state index contributed by atoms with van der Waals surface area (Å²) in [5, 5.41) is 3.91. The molecule has 2 rings (SSSR count). The van der Waals surface area contributed by atoms with Gasteiger partial charge < -0.3 is 14.7 Å². The summed E-state index contributed by atoms with van der Waals surface area (Å²) in [5.41, 5.74) is 5.35. The molecule has 0 saturated carbocycles. The van der Waals surface area contributed by atoms with Crippen molar-refractivity contribution in [3.8, 4) is 0 Å². The van der Waals surface area contributed by atoms with Crippen molar-refractivity contribution in [1.82, 2.24) is 15.0 Å². The minimum atomic E-state index is -0.584. The number of rotatable bonds is 6. The number of furan rings is 1. The van der Waals surface area contributed by atoms with Crippen molar-refractivity contribution >= 4 is 0 Å². The minimum absolute atomic E-state index is 0.525. The van der Waals surface area contributed by atoms with E-state index >= 15 is 0 Å². The highest BCUT2D eigenvalue weighted by Gasteiger charge is 2.22. The molecule has 0 amide bonds. The largest absolute Gasteiger partial charge is 0.468 e. The summed E-state index contributed by atoms with van der Waals surface area (Å²) < 4.78 is 10.6. The molecule has 0 radical (unpaired) electrons. The first-order valence-electron chi connectivity index (χ1n) is 6.35. The Hall–Kier alpha value is -1.66. The van der Waals surface area contributed by atoms with Gasteiger partial charge in [0.25, 0.3) is 0 Å². The monoisotopic (exact) mass is 264 g/mol. The lowest BCUT2D eigenvalue weighted by Crippen LogP contribution is -2.30. The third-order valence-electron chi connectivity index (χ3n) is 2.81. The standard InChI is InChI=1S/C13H20N4O2/c1-4-17(8-10-6-5-7-18-10)9-11-15-12(16-19-11)13(2,3)14/h5-7H,4,8-9,14H2,1-3H3. The number of hydrogen-bond acceptors (Lipinski definition) is 6. The minimum Gasteiger partial charge on any atom is -0.468 e. The average Bonchev–Trinajstić information content (AvgIpc) is 2.98. The molecular formula is C13H20N4O2. The highest BCUT2D eigenvalue weighted by Crippen LogP contribution is 2.14. The topological polar surface area (TPSA) is 81.3 Å². The molecule has 0 unspecified atom stereocenters. The van der Waals surface area contributed by atoms with E-state index in [1.807, 2.05) is 26.0 Å². The maximum absolute atomic E-state index is 5.93. The third kappa shape index (κ3) is 3.65. The molecule has 0 spiro atoms. The van der Waals surface area contributed by atoms with Gasteiger partial charge in [-0.05, 0) is 32.5 Å². The number of hydrogen-bond donors (Lipinski definition) is 1. The van der Waals surface area contributed by atoms with Crippen molar-refractivity contribution in [2.75, 3.05) is 6.54 Å². The molecule has 2 N–H and O–H groups in total. The maximum atomic E-state index is 5.93. The Bertz CT molecular complexity index is 499. The Morgan fingerprint density at radius 1 is 1.37 bits per heavy atom. The van der Waals surface area contributed by atoms with Gasteiger partial charge in [-0.1, -0.05) is 12.1 Å². The number of nitrogens with zero attached hydrogens (tertiary/aromatic N) is 3. The van der Waals surface area contributed by atoms with Crippen LogP contribution >= 0.6 is 0 Å². The van der Waals surface area contributed by atoms with E-state index < -0.39 is 5.54 Å². The third-order valence-corrected chi connectivity index (χ3v) is 2.81. The Balaban J connectivity index is 2.00. The molecule has 6 heteroatoms. The van der Waals surface area contributed by atoms with Crippen LogP contribution in [0.2, 0.25) is 0 Å². The quantitative estimate of drug-likeness (QED) is 0.858. The Morgan fingerprint density at radius 2 is 2.16 bits per heavy atom. The molecule has 0 saturated heterocycles. The molecule has 0 fully saturated rings. The fourth-order valence-electron chi connectivity index (χ4n) is 1.67. The van der Waals surface area contributed by atoms with Crippen LogP contribution in [0.4, 0.5) is 0 Å². The second kappa shape index (κ2) is 5.54. The normalized spacial score (nSPS) is 12.3. The van der Waals surface area contributed by atoms with Gasteiger partial charge in [0, 0.05) is 0 Å². The van der Waals surface area contributed by atoms with E-state index in [4.69, 9.17) is 14.7 Å². The van der Waals surface area contributed by atoms with E-state index in [1.165, 1.54) is 0 Å². The van der Waals surface area contributed by atoms with Gasteiger partial charge in [-0.2, -0.15) is 4.98 Å². The van der Waals surface area contributed by atoms with Crippen molar-refractivity contribution in [3.63, 3.8) is 0 Å². The second-order valence-electron chi connectivity index (χ2n) is 5.12. The first-order chi connectivity index (χ1) is 8.99. The van der Waals surface area contributed by atoms with Crippen LogP contribution < -0.4 is 5.73 Å². The Labute approximate surface area is 112 Å². The highest BCUT2D eigenvalue weighted by molar-refractivity contribution is 5.00. The molecule has 0 bridgehead atoms. The van der Waals surface area contributed by atoms with E-state index in [9.17, 15) is 0 Å². The zero-order valence-electron chi connectivity index (χ0n) is 11.6. The smallest absolute Gasteiger partial charge is 0.240 e. The molecule has 19 heavy (non-hydrogen) atoms. The summed E-state index contributed by atoms with van der Waals surface area (Å²) in [6.07, 6.45) is 1.67. The molecule has 2 aromatic rings. The molecule has 0 aromatic carbocycles. The molecule has 2 aromatic heterocycles. The lowest BCUT2D eigenvalue weighted by molar-refractivity contribution is 0.213. The molecule has 0 aliphatic carbocycles. The fraction of sp³-hybridized carbons (Fsp3) is 0.538. The molecular weight excluding hydrogens is 244 g/mol. The summed E-state index contributed by atoms with van der Waals surface area (Å²) in [6, 6.07) is 3.83. The van der Waals surface area contributed by atoms with Gasteiger partial charge in [-0.3, -0.25) is 4.90 Å². The van der Waals surface area contributed by atoms with Gasteiger partial charge in [0.15, 0.2) is 5.82 Å². The summed E-state index contributed by atoms with van der Waals surface area (Å²) in [7, 11) is 0. The van der Waals surface area contributed by atoms with Crippen molar-refractivity contribution in [2.24, 2.45) is 5.73 Å². The predicted molar refractivity (Wildman–Crippen MR) is 70.0 cm³/mol. The van der Waals surface area contributed by atoms with E-state index in [0.29, 0.717) is 24.8 Å². The van der Waals surface area contributed by atoms with Crippen molar-refractivity contribution in [2.45, 2.75) is 39.4 Å². The fourth-order valence-corrected chi connectivity index (χ4v) is 1.67. The van der Waals surface area contributed by atoms with Crippen molar-refractivity contribution in [1.29, 1.82) is 0 Å². The van der Waals surface area contributed by atoms with Crippen LogP contribution in [0.15, 0.2) is 27.3 Å². The van der Waals surface area contributed by atoms with Gasteiger partial charge in [0.1, 0.15) is 5.76 Å². The zero-order chi connectivity index (χ0) is 13.9. The lowest BCUT2D eigenvalue weighted by atomic mass is 10.1. The van der Waals surface area contributed by atoms with Crippen LogP contribution in [0.3, 0.4) is 0 Å². The van der Waals surface area contributed by atoms with Gasteiger partial charge in [-0.25, -0.2) is 0 Å². The van der Waals surface area contributed by atoms with Crippen LogP contribution in [-0.4, -0.2) is 21.6 Å². The molecule has 6 nitrogen and oxygen atoms in total. The summed E-state index contributed by atoms with van der Waals surface area (Å²) >= 11 is 0. The summed E-state index contributed by atoms with van der Waals surface area (Å²) in [6.45, 7) is 7.94. The molecule has 0 aliphatic rings. The molecule has 104 valence electrons. The Kier molecular flexibility index (Phi) is 4.01. The van der Waals surface area contributed by atoms with Crippen molar-refractivity contribution in [3.05, 3.63) is 35.9 Å². The molecule has 0 atom stereocenters. The van der Waals surface area contributed by atoms with Crippen LogP contribution in [0.25, 0.3) is 0 Å². The average molecular weight is 264 g/mol. The number of aromatic nitrogens is 2. The summed E-state index contributed by atoms with van der Waals surface area (Å²) in [4.78, 5) is 6.48. The van der Waals surface area contributed by atoms with E-state index in [0.717, 1.165) is 12.3 Å². The van der Waals surface area contributed by atoms with Gasteiger partial charge in [0.05, 0.1) is 24.9 Å². The van der Waals surface area contributed by atoms with Crippen LogP contribution in [-0.2, 0) is 18.6 Å². The van der Waals surface area contributed by atoms with E-state index in [1.54, 1.807) is 6.26 Å². The first-order valence-corrected chi connectivity index (χ1v) is 6.35. The zero-order valence-corrected chi connectivity index (χ0v) is 11.6. The van der Waals surface area contributed by atoms with Gasteiger partial charge >= 0.3 is 0 Å². The van der Waals surface area contributed by atoms with Crippen LogP contribution in [0, 0.1) is 0 Å². The van der Waals surface area contributed by atoms with E-state index in [2.05, 4.69) is 22.0 Å². The van der Waals surface area contributed by atoms with E-state index in [-0.39, 0.29) is 0 Å². The predicted octanol–water partition coefficient (Wildman–Crippen LogP) is 1.88. The number of nitrogens with two attached hydrogens (primary N) is 1. The maximum Gasteiger partial charge on any atom is 0.240 e. The highest BCUT2D eigenvalue weighted by atomic mass is 16.5. The van der Waals surface area contributed by atoms with Crippen LogP contribution in [0.5, 0.6) is 0 Å². The first kappa shape index (κ1) is 13.8. The van der Waals surface area contributed by atoms with Gasteiger partial charge in [0.2, 0.25) is 5.89 Å². The van der Waals surface area contributed by atoms with Gasteiger partial charge in [-0.15, -0.1) is 0 Å².